The van der Waals surface area contributed by atoms with Crippen LogP contribution in [0.1, 0.15) is 35.6 Å². The van der Waals surface area contributed by atoms with Crippen LogP contribution in [0.15, 0.2) is 16.5 Å². The molecule has 1 aromatic heterocycles. The Hall–Kier alpha value is -1.47. The fourth-order valence-corrected chi connectivity index (χ4v) is 3.28. The van der Waals surface area contributed by atoms with Gasteiger partial charge in [-0.1, -0.05) is 18.7 Å². The van der Waals surface area contributed by atoms with Gasteiger partial charge >= 0.3 is 0 Å². The van der Waals surface area contributed by atoms with Crippen molar-refractivity contribution in [2.24, 2.45) is 0 Å². The Bertz CT molecular complexity index is 643. The molecule has 0 bridgehead atoms. The second-order valence-electron chi connectivity index (χ2n) is 4.14. The van der Waals surface area contributed by atoms with Crippen LogP contribution in [0.25, 0.3) is 0 Å². The highest BCUT2D eigenvalue weighted by Crippen LogP contribution is 2.31. The van der Waals surface area contributed by atoms with Gasteiger partial charge in [0, 0.05) is 17.7 Å². The smallest absolute Gasteiger partial charge is 0.170 e. The number of ketones is 1. The average Bonchev–Trinajstić information content (AvgIpc) is 2.87. The molecule has 0 radical (unpaired) electrons. The molecule has 1 aromatic carbocycles. The number of thioether (sulfide) groups is 1. The van der Waals surface area contributed by atoms with E-state index in [1.54, 1.807) is 0 Å². The third-order valence-corrected chi connectivity index (χ3v) is 4.57. The molecule has 0 fully saturated rings. The van der Waals surface area contributed by atoms with Gasteiger partial charge in [0.25, 0.3) is 0 Å². The second kappa shape index (κ2) is 6.32. The fourth-order valence-electron chi connectivity index (χ4n) is 1.61. The fraction of sp³-hybridized carbons (Fsp3) is 0.308. The summed E-state index contributed by atoms with van der Waals surface area (Å²) < 4.78 is 18.4. The Morgan fingerprint density at radius 1 is 1.50 bits per heavy atom. The number of aromatic nitrogens is 2. The van der Waals surface area contributed by atoms with Crippen molar-refractivity contribution in [2.75, 3.05) is 0 Å². The zero-order chi connectivity index (χ0) is 14.7. The minimum Gasteiger partial charge on any atom is -0.507 e. The maximum absolute atomic E-state index is 13.5. The van der Waals surface area contributed by atoms with Gasteiger partial charge in [0.15, 0.2) is 10.1 Å². The Morgan fingerprint density at radius 2 is 2.25 bits per heavy atom. The predicted molar refractivity (Wildman–Crippen MR) is 76.9 cm³/mol. The van der Waals surface area contributed by atoms with Crippen LogP contribution in [0, 0.1) is 5.82 Å². The zero-order valence-electron chi connectivity index (χ0n) is 11.0. The maximum atomic E-state index is 13.5. The Morgan fingerprint density at radius 3 is 2.85 bits per heavy atom. The summed E-state index contributed by atoms with van der Waals surface area (Å²) in [6.07, 6.45) is 0.761. The van der Waals surface area contributed by atoms with Gasteiger partial charge in [-0.05, 0) is 30.6 Å². The van der Waals surface area contributed by atoms with Crippen molar-refractivity contribution in [1.29, 1.82) is 0 Å². The van der Waals surface area contributed by atoms with Gasteiger partial charge in [-0.15, -0.1) is 0 Å². The van der Waals surface area contributed by atoms with Gasteiger partial charge in [0.1, 0.15) is 17.4 Å². The van der Waals surface area contributed by atoms with E-state index in [1.165, 1.54) is 36.3 Å². The van der Waals surface area contributed by atoms with E-state index in [4.69, 9.17) is 0 Å². The van der Waals surface area contributed by atoms with Crippen molar-refractivity contribution in [3.05, 3.63) is 34.9 Å². The molecule has 106 valence electrons. The van der Waals surface area contributed by atoms with Gasteiger partial charge in [-0.25, -0.2) is 9.37 Å². The highest BCUT2D eigenvalue weighted by Gasteiger charge is 2.14. The third-order valence-electron chi connectivity index (χ3n) is 2.65. The van der Waals surface area contributed by atoms with E-state index in [-0.39, 0.29) is 17.1 Å². The van der Waals surface area contributed by atoms with Crippen molar-refractivity contribution in [1.82, 2.24) is 9.36 Å². The number of aromatic hydroxyl groups is 1. The summed E-state index contributed by atoms with van der Waals surface area (Å²) in [7, 11) is 0. The highest BCUT2D eigenvalue weighted by atomic mass is 32.2. The quantitative estimate of drug-likeness (QED) is 0.677. The van der Waals surface area contributed by atoms with Crippen LogP contribution >= 0.6 is 23.3 Å². The molecule has 2 aromatic rings. The van der Waals surface area contributed by atoms with E-state index in [9.17, 15) is 14.3 Å². The molecule has 0 atom stereocenters. The van der Waals surface area contributed by atoms with Crippen LogP contribution in [0.3, 0.4) is 0 Å². The Balaban J connectivity index is 2.18. The third kappa shape index (κ3) is 3.34. The lowest BCUT2D eigenvalue weighted by molar-refractivity contribution is 0.101. The molecule has 0 spiro atoms. The van der Waals surface area contributed by atoms with Crippen molar-refractivity contribution in [3.8, 4) is 5.75 Å². The van der Waals surface area contributed by atoms with Gasteiger partial charge in [-0.2, -0.15) is 4.37 Å². The molecule has 1 N–H and O–H groups in total. The number of benzene rings is 1. The summed E-state index contributed by atoms with van der Waals surface area (Å²) in [6, 6.07) is 2.28. The molecular weight excluding hydrogens is 299 g/mol. The summed E-state index contributed by atoms with van der Waals surface area (Å²) in [6.45, 7) is 3.26. The first kappa shape index (κ1) is 14.9. The molecule has 20 heavy (non-hydrogen) atoms. The minimum atomic E-state index is -0.532. The largest absolute Gasteiger partial charge is 0.507 e. The SMILES string of the molecule is CCc1nsc(SCc2cc(F)cc(C(C)=O)c2O)n1. The van der Waals surface area contributed by atoms with Gasteiger partial charge in [0.05, 0.1) is 5.56 Å². The van der Waals surface area contributed by atoms with Crippen LogP contribution in [0.5, 0.6) is 5.75 Å². The monoisotopic (exact) mass is 312 g/mol. The highest BCUT2D eigenvalue weighted by molar-refractivity contribution is 8.00. The summed E-state index contributed by atoms with van der Waals surface area (Å²) in [5, 5.41) is 9.98. The summed E-state index contributed by atoms with van der Waals surface area (Å²) >= 11 is 2.63. The van der Waals surface area contributed by atoms with Crippen LogP contribution in [-0.2, 0) is 12.2 Å². The van der Waals surface area contributed by atoms with E-state index in [1.807, 2.05) is 6.92 Å². The van der Waals surface area contributed by atoms with Gasteiger partial charge in [-0.3, -0.25) is 4.79 Å². The number of aryl methyl sites for hydroxylation is 1. The van der Waals surface area contributed by atoms with Crippen molar-refractivity contribution in [2.45, 2.75) is 30.4 Å². The topological polar surface area (TPSA) is 63.1 Å². The first-order valence-electron chi connectivity index (χ1n) is 5.99. The molecule has 2 rings (SSSR count). The second-order valence-corrected chi connectivity index (χ2v) is 6.11. The lowest BCUT2D eigenvalue weighted by Crippen LogP contribution is -1.97. The molecular formula is C13H13FN2O2S2. The molecule has 4 nitrogen and oxygen atoms in total. The van der Waals surface area contributed by atoms with Crippen molar-refractivity contribution < 1.29 is 14.3 Å². The molecule has 0 aliphatic heterocycles. The summed E-state index contributed by atoms with van der Waals surface area (Å²) in [5.74, 6) is 0.0481. The number of phenolic OH excluding ortho intramolecular Hbond substituents is 1. The van der Waals surface area contributed by atoms with Crippen molar-refractivity contribution in [3.63, 3.8) is 0 Å². The molecule has 0 saturated carbocycles. The molecule has 7 heteroatoms. The molecule has 0 aliphatic rings. The Kier molecular flexibility index (Phi) is 4.72. The van der Waals surface area contributed by atoms with Crippen molar-refractivity contribution >= 4 is 29.1 Å². The number of hydrogen-bond donors (Lipinski definition) is 1. The van der Waals surface area contributed by atoms with Crippen LogP contribution in [0.2, 0.25) is 0 Å². The maximum Gasteiger partial charge on any atom is 0.170 e. The lowest BCUT2D eigenvalue weighted by atomic mass is 10.1. The normalized spacial score (nSPS) is 10.8. The summed E-state index contributed by atoms with van der Waals surface area (Å²) in [4.78, 5) is 15.6. The van der Waals surface area contributed by atoms with E-state index in [0.29, 0.717) is 11.3 Å². The van der Waals surface area contributed by atoms with Crippen LogP contribution < -0.4 is 0 Å². The molecule has 0 amide bonds. The standard InChI is InChI=1S/C13H13FN2O2S2/c1-3-11-15-13(20-16-11)19-6-8-4-9(14)5-10(7(2)17)12(8)18/h4-5,18H,3,6H2,1-2H3. The number of Topliss-reactive ketones (excluding diaryl/α,β-unsaturated/α-hetero) is 1. The number of nitrogens with zero attached hydrogens (tertiary/aromatic N) is 2. The minimum absolute atomic E-state index is 0.00658. The van der Waals surface area contributed by atoms with E-state index in [2.05, 4.69) is 9.36 Å². The van der Waals surface area contributed by atoms with Crippen LogP contribution in [-0.4, -0.2) is 20.2 Å². The number of phenols is 1. The predicted octanol–water partition coefficient (Wildman–Crippen LogP) is 3.44. The number of hydrogen-bond acceptors (Lipinski definition) is 6. The van der Waals surface area contributed by atoms with E-state index >= 15 is 0 Å². The number of rotatable bonds is 5. The lowest BCUT2D eigenvalue weighted by Gasteiger charge is -2.07. The summed E-state index contributed by atoms with van der Waals surface area (Å²) in [5.41, 5.74) is 0.389. The van der Waals surface area contributed by atoms with Gasteiger partial charge < -0.3 is 5.11 Å². The molecule has 0 unspecified atom stereocenters. The number of carbonyl (C=O) groups is 1. The number of carbonyl (C=O) groups excluding carboxylic acids is 1. The zero-order valence-corrected chi connectivity index (χ0v) is 12.6. The molecule has 0 saturated heterocycles. The van der Waals surface area contributed by atoms with Gasteiger partial charge in [0.2, 0.25) is 0 Å². The van der Waals surface area contributed by atoms with E-state index in [0.717, 1.165) is 22.7 Å². The average molecular weight is 312 g/mol. The first-order chi connectivity index (χ1) is 9.51. The first-order valence-corrected chi connectivity index (χ1v) is 7.74. The molecule has 0 aliphatic carbocycles. The van der Waals surface area contributed by atoms with E-state index < -0.39 is 5.82 Å². The number of halogens is 1. The molecule has 1 heterocycles. The van der Waals surface area contributed by atoms with Crippen LogP contribution in [0.4, 0.5) is 4.39 Å². The Labute approximate surface area is 124 Å².